The zero-order valence-corrected chi connectivity index (χ0v) is 16.3. The van der Waals surface area contributed by atoms with E-state index < -0.39 is 0 Å². The zero-order valence-electron chi connectivity index (χ0n) is 16.3. The minimum atomic E-state index is -0.206. The molecule has 5 heteroatoms. The average Bonchev–Trinajstić information content (AvgIpc) is 2.68. The maximum Gasteiger partial charge on any atom is 0.251 e. The summed E-state index contributed by atoms with van der Waals surface area (Å²) in [6, 6.07) is 18.8. The van der Waals surface area contributed by atoms with E-state index in [9.17, 15) is 9.90 Å². The second-order valence-corrected chi connectivity index (χ2v) is 6.76. The average molecular weight is 376 g/mol. The topological polar surface area (TPSA) is 71.5 Å². The SMILES string of the molecule is Cc1cc(C)c(CNC(=O)c2ccc([C@H](C)Oc3ccccc3)cc2)c(O)n1. The quantitative estimate of drug-likeness (QED) is 0.666. The van der Waals surface area contributed by atoms with Crippen LogP contribution in [0.3, 0.4) is 0 Å². The van der Waals surface area contributed by atoms with Crippen LogP contribution in [-0.2, 0) is 6.54 Å². The number of aryl methyl sites for hydroxylation is 2. The van der Waals surface area contributed by atoms with Crippen LogP contribution in [0.1, 0.15) is 45.8 Å². The number of hydrogen-bond acceptors (Lipinski definition) is 4. The summed E-state index contributed by atoms with van der Waals surface area (Å²) in [5.41, 5.74) is 3.80. The van der Waals surface area contributed by atoms with Crippen LogP contribution in [0.5, 0.6) is 11.6 Å². The number of pyridine rings is 1. The predicted octanol–water partition coefficient (Wildman–Crippen LogP) is 4.47. The molecule has 1 aromatic heterocycles. The summed E-state index contributed by atoms with van der Waals surface area (Å²) in [6.07, 6.45) is -0.127. The molecular weight excluding hydrogens is 352 g/mol. The number of nitrogens with zero attached hydrogens (tertiary/aromatic N) is 1. The fraction of sp³-hybridized carbons (Fsp3) is 0.217. The lowest BCUT2D eigenvalue weighted by atomic mass is 10.1. The molecule has 0 aliphatic heterocycles. The van der Waals surface area contributed by atoms with Gasteiger partial charge in [0.1, 0.15) is 11.9 Å². The van der Waals surface area contributed by atoms with Gasteiger partial charge < -0.3 is 15.2 Å². The number of nitrogens with one attached hydrogen (secondary N) is 1. The number of ether oxygens (including phenoxy) is 1. The summed E-state index contributed by atoms with van der Waals surface area (Å²) >= 11 is 0. The van der Waals surface area contributed by atoms with Gasteiger partial charge in [0.2, 0.25) is 5.88 Å². The van der Waals surface area contributed by atoms with Crippen LogP contribution in [0.15, 0.2) is 60.7 Å². The van der Waals surface area contributed by atoms with Gasteiger partial charge in [-0.25, -0.2) is 4.98 Å². The van der Waals surface area contributed by atoms with Crippen molar-refractivity contribution in [1.29, 1.82) is 0 Å². The van der Waals surface area contributed by atoms with Crippen LogP contribution in [0, 0.1) is 13.8 Å². The second-order valence-electron chi connectivity index (χ2n) is 6.76. The highest BCUT2D eigenvalue weighted by Gasteiger charge is 2.12. The third kappa shape index (κ3) is 4.68. The fourth-order valence-corrected chi connectivity index (χ4v) is 3.01. The summed E-state index contributed by atoms with van der Waals surface area (Å²) in [5.74, 6) is 0.557. The van der Waals surface area contributed by atoms with Crippen LogP contribution in [0.2, 0.25) is 0 Å². The van der Waals surface area contributed by atoms with Gasteiger partial charge in [-0.15, -0.1) is 0 Å². The summed E-state index contributed by atoms with van der Waals surface area (Å²) in [7, 11) is 0. The van der Waals surface area contributed by atoms with Gasteiger partial charge in [0.05, 0.1) is 0 Å². The van der Waals surface area contributed by atoms with Crippen molar-refractivity contribution in [3.05, 3.63) is 88.6 Å². The molecule has 0 saturated heterocycles. The molecule has 0 aliphatic rings. The standard InChI is InChI=1S/C23H24N2O3/c1-15-13-16(2)25-23(27)21(15)14-24-22(26)19-11-9-18(10-12-19)17(3)28-20-7-5-4-6-8-20/h4-13,17H,14H2,1-3H3,(H,24,26)(H,25,27)/t17-/m0/s1. The monoisotopic (exact) mass is 376 g/mol. The Hall–Kier alpha value is -3.34. The van der Waals surface area contributed by atoms with E-state index in [1.807, 2.05) is 69.3 Å². The Bertz CT molecular complexity index is 930. The fourth-order valence-electron chi connectivity index (χ4n) is 3.01. The lowest BCUT2D eigenvalue weighted by molar-refractivity contribution is 0.0950. The zero-order chi connectivity index (χ0) is 20.1. The van der Waals surface area contributed by atoms with Crippen molar-refractivity contribution in [2.75, 3.05) is 0 Å². The van der Waals surface area contributed by atoms with E-state index in [2.05, 4.69) is 10.3 Å². The van der Waals surface area contributed by atoms with Crippen LogP contribution in [0.25, 0.3) is 0 Å². The first-order valence-corrected chi connectivity index (χ1v) is 9.20. The largest absolute Gasteiger partial charge is 0.493 e. The molecule has 1 amide bonds. The minimum Gasteiger partial charge on any atom is -0.493 e. The smallest absolute Gasteiger partial charge is 0.251 e. The molecule has 0 bridgehead atoms. The van der Waals surface area contributed by atoms with Crippen LogP contribution >= 0.6 is 0 Å². The molecule has 2 N–H and O–H groups in total. The number of carbonyl (C=O) groups excluding carboxylic acids is 1. The summed E-state index contributed by atoms with van der Waals surface area (Å²) in [4.78, 5) is 16.5. The van der Waals surface area contributed by atoms with Gasteiger partial charge in [-0.05, 0) is 62.2 Å². The first kappa shape index (κ1) is 19.4. The van der Waals surface area contributed by atoms with E-state index in [1.165, 1.54) is 0 Å². The van der Waals surface area contributed by atoms with Crippen LogP contribution in [-0.4, -0.2) is 16.0 Å². The highest BCUT2D eigenvalue weighted by molar-refractivity contribution is 5.94. The normalized spacial score (nSPS) is 11.7. The van der Waals surface area contributed by atoms with Crippen LogP contribution < -0.4 is 10.1 Å². The molecule has 28 heavy (non-hydrogen) atoms. The molecule has 144 valence electrons. The Morgan fingerprint density at radius 3 is 2.43 bits per heavy atom. The maximum atomic E-state index is 12.4. The van der Waals surface area contributed by atoms with Crippen molar-refractivity contribution in [2.24, 2.45) is 0 Å². The molecule has 0 fully saturated rings. The molecule has 3 aromatic rings. The molecule has 1 heterocycles. The van der Waals surface area contributed by atoms with Gasteiger partial charge in [0, 0.05) is 23.4 Å². The molecule has 2 aromatic carbocycles. The third-order valence-electron chi connectivity index (χ3n) is 4.58. The molecule has 0 aliphatic carbocycles. The Morgan fingerprint density at radius 2 is 1.79 bits per heavy atom. The molecule has 5 nitrogen and oxygen atoms in total. The highest BCUT2D eigenvalue weighted by atomic mass is 16.5. The minimum absolute atomic E-state index is 0.0416. The number of aromatic nitrogens is 1. The Balaban J connectivity index is 1.62. The number of hydrogen-bond donors (Lipinski definition) is 2. The Labute approximate surface area is 165 Å². The molecule has 0 saturated carbocycles. The molecule has 0 unspecified atom stereocenters. The molecule has 1 atom stereocenters. The highest BCUT2D eigenvalue weighted by Crippen LogP contribution is 2.22. The number of benzene rings is 2. The second kappa shape index (κ2) is 8.57. The van der Waals surface area contributed by atoms with Crippen molar-refractivity contribution in [3.8, 4) is 11.6 Å². The van der Waals surface area contributed by atoms with Crippen molar-refractivity contribution in [2.45, 2.75) is 33.4 Å². The van der Waals surface area contributed by atoms with Crippen molar-refractivity contribution in [3.63, 3.8) is 0 Å². The van der Waals surface area contributed by atoms with Crippen molar-refractivity contribution >= 4 is 5.91 Å². The number of rotatable bonds is 6. The molecule has 3 rings (SSSR count). The number of carbonyl (C=O) groups is 1. The lowest BCUT2D eigenvalue weighted by Crippen LogP contribution is -2.23. The first-order valence-electron chi connectivity index (χ1n) is 9.20. The Morgan fingerprint density at radius 1 is 1.11 bits per heavy atom. The number of para-hydroxylation sites is 1. The summed E-state index contributed by atoms with van der Waals surface area (Å²) in [6.45, 7) is 5.90. The third-order valence-corrected chi connectivity index (χ3v) is 4.58. The Kier molecular flexibility index (Phi) is 5.94. The number of amides is 1. The van der Waals surface area contributed by atoms with E-state index in [0.717, 1.165) is 22.6 Å². The molecule has 0 spiro atoms. The van der Waals surface area contributed by atoms with Crippen molar-refractivity contribution in [1.82, 2.24) is 10.3 Å². The van der Waals surface area contributed by atoms with E-state index in [4.69, 9.17) is 4.74 Å². The summed E-state index contributed by atoms with van der Waals surface area (Å²) < 4.78 is 5.91. The first-order chi connectivity index (χ1) is 13.4. The van der Waals surface area contributed by atoms with Gasteiger partial charge in [-0.2, -0.15) is 0 Å². The van der Waals surface area contributed by atoms with Gasteiger partial charge in [-0.3, -0.25) is 4.79 Å². The van der Waals surface area contributed by atoms with Crippen LogP contribution in [0.4, 0.5) is 0 Å². The van der Waals surface area contributed by atoms with E-state index in [1.54, 1.807) is 12.1 Å². The number of aromatic hydroxyl groups is 1. The van der Waals surface area contributed by atoms with Crippen molar-refractivity contribution < 1.29 is 14.6 Å². The molecular formula is C23H24N2O3. The summed E-state index contributed by atoms with van der Waals surface area (Å²) in [5, 5.41) is 12.8. The lowest BCUT2D eigenvalue weighted by Gasteiger charge is -2.15. The van der Waals surface area contributed by atoms with E-state index in [-0.39, 0.29) is 24.4 Å². The van der Waals surface area contributed by atoms with E-state index in [0.29, 0.717) is 11.1 Å². The van der Waals surface area contributed by atoms with Gasteiger partial charge in [0.25, 0.3) is 5.91 Å². The van der Waals surface area contributed by atoms with E-state index >= 15 is 0 Å². The van der Waals surface area contributed by atoms with Gasteiger partial charge in [0.15, 0.2) is 0 Å². The molecule has 0 radical (unpaired) electrons. The van der Waals surface area contributed by atoms with Gasteiger partial charge in [-0.1, -0.05) is 30.3 Å². The maximum absolute atomic E-state index is 12.4. The van der Waals surface area contributed by atoms with Gasteiger partial charge >= 0.3 is 0 Å². The predicted molar refractivity (Wildman–Crippen MR) is 108 cm³/mol.